The minimum Gasteiger partial charge on any atom is -0.333 e. The van der Waals surface area contributed by atoms with Crippen molar-refractivity contribution in [2.45, 2.75) is 16.0 Å². The van der Waals surface area contributed by atoms with Gasteiger partial charge in [-0.25, -0.2) is 18.4 Å². The Kier molecular flexibility index (Phi) is 6.37. The molecule has 6 rings (SSSR count). The molecule has 1 aliphatic heterocycles. The van der Waals surface area contributed by atoms with Crippen molar-refractivity contribution in [1.82, 2.24) is 19.0 Å². The van der Waals surface area contributed by atoms with Crippen LogP contribution in [0.4, 0.5) is 4.79 Å². The number of sulfonamides is 1. The number of rotatable bonds is 5. The van der Waals surface area contributed by atoms with E-state index in [9.17, 15) is 18.0 Å². The SMILES string of the molecule is CN(C)C(=O)n1cc(C(=O)c2ccn3c2CS[C@@H]3c2cccnc2)c2ccc(-c3ccc(S(N)(=O)=O)cc3)cc21. The minimum atomic E-state index is -3.81. The molecule has 4 heterocycles. The van der Waals surface area contributed by atoms with Gasteiger partial charge in [-0.1, -0.05) is 30.3 Å². The minimum absolute atomic E-state index is 0.0143. The standard InChI is InChI=1S/C29H25N5O4S2/c1-32(2)29(36)34-16-24(22-10-7-19(14-25(22)34)18-5-8-21(9-6-18)40(30,37)38)27(35)23-11-13-33-26(23)17-39-28(33)20-4-3-12-31-15-20/h3-16,28H,17H2,1-2H3,(H2,30,37,38)/t28-/m1/s1. The molecular formula is C29H25N5O4S2. The van der Waals surface area contributed by atoms with Gasteiger partial charge in [0.25, 0.3) is 0 Å². The maximum Gasteiger partial charge on any atom is 0.328 e. The van der Waals surface area contributed by atoms with Crippen molar-refractivity contribution in [2.24, 2.45) is 5.14 Å². The van der Waals surface area contributed by atoms with E-state index in [0.717, 1.165) is 22.4 Å². The summed E-state index contributed by atoms with van der Waals surface area (Å²) in [6, 6.07) is 17.2. The van der Waals surface area contributed by atoms with E-state index in [1.54, 1.807) is 50.4 Å². The van der Waals surface area contributed by atoms with Gasteiger partial charge < -0.3 is 9.47 Å². The van der Waals surface area contributed by atoms with Gasteiger partial charge in [0.1, 0.15) is 5.37 Å². The summed E-state index contributed by atoms with van der Waals surface area (Å²) in [5.74, 6) is 0.531. The molecule has 0 unspecified atom stereocenters. The molecule has 9 nitrogen and oxygen atoms in total. The Balaban J connectivity index is 1.42. The second-order valence-corrected chi connectivity index (χ2v) is 12.4. The van der Waals surface area contributed by atoms with Gasteiger partial charge >= 0.3 is 6.03 Å². The first-order valence-corrected chi connectivity index (χ1v) is 15.0. The van der Waals surface area contributed by atoms with E-state index < -0.39 is 10.0 Å². The highest BCUT2D eigenvalue weighted by Gasteiger charge is 2.30. The lowest BCUT2D eigenvalue weighted by Crippen LogP contribution is -2.26. The van der Waals surface area contributed by atoms with Crippen molar-refractivity contribution in [3.63, 3.8) is 0 Å². The molecule has 0 bridgehead atoms. The zero-order valence-electron chi connectivity index (χ0n) is 21.7. The van der Waals surface area contributed by atoms with Crippen molar-refractivity contribution in [3.8, 4) is 11.1 Å². The van der Waals surface area contributed by atoms with Crippen molar-refractivity contribution < 1.29 is 18.0 Å². The number of amides is 1. The second-order valence-electron chi connectivity index (χ2n) is 9.75. The van der Waals surface area contributed by atoms with E-state index in [-0.39, 0.29) is 22.1 Å². The first kappa shape index (κ1) is 26.1. The third-order valence-electron chi connectivity index (χ3n) is 7.02. The van der Waals surface area contributed by atoms with Crippen LogP contribution in [0.25, 0.3) is 22.0 Å². The Morgan fingerprint density at radius 1 is 1.02 bits per heavy atom. The average Bonchev–Trinajstić information content (AvgIpc) is 3.66. The molecule has 2 aromatic carbocycles. The van der Waals surface area contributed by atoms with Crippen LogP contribution in [-0.2, 0) is 15.8 Å². The molecule has 2 N–H and O–H groups in total. The fourth-order valence-corrected chi connectivity index (χ4v) is 6.84. The summed E-state index contributed by atoms with van der Waals surface area (Å²) in [6.07, 6.45) is 7.13. The zero-order chi connectivity index (χ0) is 28.2. The molecule has 5 aromatic rings. The predicted molar refractivity (Wildman–Crippen MR) is 155 cm³/mol. The lowest BCUT2D eigenvalue weighted by Gasteiger charge is -2.12. The van der Waals surface area contributed by atoms with Crippen LogP contribution in [0.2, 0.25) is 0 Å². The Morgan fingerprint density at radius 2 is 1.77 bits per heavy atom. The predicted octanol–water partition coefficient (Wildman–Crippen LogP) is 4.71. The molecule has 0 saturated heterocycles. The van der Waals surface area contributed by atoms with Crippen LogP contribution in [0.3, 0.4) is 0 Å². The van der Waals surface area contributed by atoms with E-state index in [1.807, 2.05) is 48.8 Å². The van der Waals surface area contributed by atoms with Crippen LogP contribution in [-0.4, -0.2) is 53.3 Å². The topological polar surface area (TPSA) is 120 Å². The third-order valence-corrected chi connectivity index (χ3v) is 9.21. The molecule has 202 valence electrons. The number of aromatic nitrogens is 3. The van der Waals surface area contributed by atoms with Crippen molar-refractivity contribution >= 4 is 44.5 Å². The van der Waals surface area contributed by atoms with Crippen LogP contribution < -0.4 is 5.14 Å². The Bertz CT molecular complexity index is 1890. The average molecular weight is 572 g/mol. The summed E-state index contributed by atoms with van der Waals surface area (Å²) >= 11 is 1.74. The molecule has 0 radical (unpaired) electrons. The molecule has 11 heteroatoms. The van der Waals surface area contributed by atoms with Crippen molar-refractivity contribution in [3.05, 3.63) is 108 Å². The van der Waals surface area contributed by atoms with Gasteiger partial charge in [0.15, 0.2) is 5.78 Å². The first-order chi connectivity index (χ1) is 19.1. The molecule has 3 aromatic heterocycles. The summed E-state index contributed by atoms with van der Waals surface area (Å²) in [5.41, 5.74) is 5.14. The molecule has 1 amide bonds. The number of primary sulfonamides is 1. The highest BCUT2D eigenvalue weighted by molar-refractivity contribution is 7.99. The molecule has 0 fully saturated rings. The zero-order valence-corrected chi connectivity index (χ0v) is 23.3. The highest BCUT2D eigenvalue weighted by atomic mass is 32.2. The number of hydrogen-bond acceptors (Lipinski definition) is 6. The fraction of sp³-hybridized carbons (Fsp3) is 0.138. The van der Waals surface area contributed by atoms with Gasteiger partial charge in [0, 0.05) is 72.4 Å². The van der Waals surface area contributed by atoms with E-state index in [1.165, 1.54) is 21.6 Å². The van der Waals surface area contributed by atoms with Gasteiger partial charge in [0.05, 0.1) is 10.4 Å². The smallest absolute Gasteiger partial charge is 0.328 e. The molecule has 0 aliphatic carbocycles. The van der Waals surface area contributed by atoms with E-state index in [4.69, 9.17) is 5.14 Å². The molecular weight excluding hydrogens is 546 g/mol. The van der Waals surface area contributed by atoms with Crippen LogP contribution in [0, 0.1) is 0 Å². The van der Waals surface area contributed by atoms with Gasteiger partial charge in [-0.2, -0.15) is 0 Å². The molecule has 0 spiro atoms. The van der Waals surface area contributed by atoms with Crippen LogP contribution in [0.15, 0.2) is 90.3 Å². The Morgan fingerprint density at radius 3 is 2.45 bits per heavy atom. The highest BCUT2D eigenvalue weighted by Crippen LogP contribution is 2.42. The molecule has 1 atom stereocenters. The van der Waals surface area contributed by atoms with Crippen LogP contribution in [0.1, 0.15) is 32.6 Å². The number of fused-ring (bicyclic) bond motifs is 2. The number of thioether (sulfide) groups is 1. The Hall–Kier alpha value is -4.19. The van der Waals surface area contributed by atoms with E-state index in [0.29, 0.717) is 27.8 Å². The number of benzene rings is 2. The van der Waals surface area contributed by atoms with Gasteiger partial charge in [-0.05, 0) is 41.5 Å². The Labute approximate surface area is 235 Å². The van der Waals surface area contributed by atoms with Gasteiger partial charge in [-0.15, -0.1) is 11.8 Å². The number of hydrogen-bond donors (Lipinski definition) is 1. The maximum absolute atomic E-state index is 14.0. The summed E-state index contributed by atoms with van der Waals surface area (Å²) in [7, 11) is -0.504. The molecule has 0 saturated carbocycles. The van der Waals surface area contributed by atoms with Gasteiger partial charge in [-0.3, -0.25) is 14.3 Å². The van der Waals surface area contributed by atoms with Crippen molar-refractivity contribution in [2.75, 3.05) is 14.1 Å². The maximum atomic E-state index is 14.0. The number of carbonyl (C=O) groups is 2. The summed E-state index contributed by atoms with van der Waals surface area (Å²) in [6.45, 7) is 0. The number of nitrogens with zero attached hydrogens (tertiary/aromatic N) is 4. The third kappa shape index (κ3) is 4.41. The number of ketones is 1. The van der Waals surface area contributed by atoms with Crippen LogP contribution in [0.5, 0.6) is 0 Å². The van der Waals surface area contributed by atoms with E-state index in [2.05, 4.69) is 9.55 Å². The normalized spacial score (nSPS) is 14.8. The quantitative estimate of drug-likeness (QED) is 0.305. The largest absolute Gasteiger partial charge is 0.333 e. The second kappa shape index (κ2) is 9.77. The lowest BCUT2D eigenvalue weighted by atomic mass is 10.00. The number of nitrogens with two attached hydrogens (primary N) is 1. The summed E-state index contributed by atoms with van der Waals surface area (Å²) in [4.78, 5) is 32.8. The summed E-state index contributed by atoms with van der Waals surface area (Å²) in [5, 5.41) is 5.93. The molecule has 40 heavy (non-hydrogen) atoms. The van der Waals surface area contributed by atoms with Crippen molar-refractivity contribution in [1.29, 1.82) is 0 Å². The molecule has 1 aliphatic rings. The van der Waals surface area contributed by atoms with Crippen LogP contribution >= 0.6 is 11.8 Å². The fourth-order valence-electron chi connectivity index (χ4n) is 5.02. The first-order valence-electron chi connectivity index (χ1n) is 12.4. The van der Waals surface area contributed by atoms with Gasteiger partial charge in [0.2, 0.25) is 10.0 Å². The number of carbonyl (C=O) groups excluding carboxylic acids is 2. The monoisotopic (exact) mass is 571 g/mol. The number of pyridine rings is 1. The summed E-state index contributed by atoms with van der Waals surface area (Å²) < 4.78 is 26.9. The lowest BCUT2D eigenvalue weighted by molar-refractivity contribution is 0.103. The van der Waals surface area contributed by atoms with E-state index >= 15 is 0 Å².